The third-order valence-electron chi connectivity index (χ3n) is 4.16. The second-order valence-electron chi connectivity index (χ2n) is 5.90. The van der Waals surface area contributed by atoms with Gasteiger partial charge in [-0.2, -0.15) is 0 Å². The van der Waals surface area contributed by atoms with Gasteiger partial charge < -0.3 is 0 Å². The van der Waals surface area contributed by atoms with Crippen molar-refractivity contribution in [2.24, 2.45) is 4.99 Å². The van der Waals surface area contributed by atoms with E-state index < -0.39 is 0 Å². The van der Waals surface area contributed by atoms with Crippen LogP contribution in [0.15, 0.2) is 65.7 Å². The maximum Gasteiger partial charge on any atom is 0.0725 e. The minimum atomic E-state index is 0.112. The molecule has 0 spiro atoms. The molecular weight excluding hydrogens is 243 g/mol. The quantitative estimate of drug-likeness (QED) is 0.554. The average Bonchev–Trinajstić information content (AvgIpc) is 2.94. The molecule has 0 bridgehead atoms. The third kappa shape index (κ3) is 2.82. The lowest BCUT2D eigenvalue weighted by atomic mass is 10.00. The molecule has 0 unspecified atom stereocenters. The number of nitrogens with zero attached hydrogens (tertiary/aromatic N) is 1. The molecule has 1 aliphatic rings. The maximum atomic E-state index is 5.16. The highest BCUT2D eigenvalue weighted by Gasteiger charge is 2.28. The van der Waals surface area contributed by atoms with Crippen LogP contribution in [0.4, 0.5) is 0 Å². The lowest BCUT2D eigenvalue weighted by molar-refractivity contribution is 0.491. The maximum absolute atomic E-state index is 5.16. The fraction of sp³-hybridized carbons (Fsp3) is 0.316. The Morgan fingerprint density at radius 2 is 1.25 bits per heavy atom. The van der Waals surface area contributed by atoms with Crippen molar-refractivity contribution >= 4 is 5.71 Å². The molecular formula is C19H21N. The summed E-state index contributed by atoms with van der Waals surface area (Å²) in [5.41, 5.74) is 3.68. The normalized spacial score (nSPS) is 16.9. The summed E-state index contributed by atoms with van der Waals surface area (Å²) >= 11 is 0. The van der Waals surface area contributed by atoms with Crippen molar-refractivity contribution in [1.29, 1.82) is 0 Å². The summed E-state index contributed by atoms with van der Waals surface area (Å²) in [5, 5.41) is 0. The van der Waals surface area contributed by atoms with Crippen LogP contribution in [0.3, 0.4) is 0 Å². The Morgan fingerprint density at radius 3 is 1.70 bits per heavy atom. The van der Waals surface area contributed by atoms with Gasteiger partial charge in [0, 0.05) is 11.1 Å². The van der Waals surface area contributed by atoms with E-state index in [1.807, 2.05) is 0 Å². The highest BCUT2D eigenvalue weighted by atomic mass is 15.6. The van der Waals surface area contributed by atoms with Crippen molar-refractivity contribution in [3.63, 3.8) is 0 Å². The highest BCUT2D eigenvalue weighted by Crippen LogP contribution is 2.33. The van der Waals surface area contributed by atoms with E-state index in [0.29, 0.717) is 0 Å². The fourth-order valence-corrected chi connectivity index (χ4v) is 3.01. The molecule has 0 saturated heterocycles. The van der Waals surface area contributed by atoms with Crippen LogP contribution in [0.1, 0.15) is 43.7 Å². The van der Waals surface area contributed by atoms with Gasteiger partial charge in [0.2, 0.25) is 0 Å². The summed E-state index contributed by atoms with van der Waals surface area (Å²) < 4.78 is 0. The van der Waals surface area contributed by atoms with Crippen LogP contribution in [-0.2, 0) is 0 Å². The first-order valence-electron chi connectivity index (χ1n) is 7.48. The molecule has 0 N–H and O–H groups in total. The van der Waals surface area contributed by atoms with Crippen LogP contribution in [0.5, 0.6) is 0 Å². The highest BCUT2D eigenvalue weighted by molar-refractivity contribution is 6.13. The Hall–Kier alpha value is -1.89. The Morgan fingerprint density at radius 1 is 0.800 bits per heavy atom. The predicted molar refractivity (Wildman–Crippen MR) is 85.4 cm³/mol. The Bertz CT molecular complexity index is 536. The van der Waals surface area contributed by atoms with E-state index >= 15 is 0 Å². The van der Waals surface area contributed by atoms with E-state index in [1.165, 1.54) is 36.8 Å². The Balaban J connectivity index is 2.07. The second kappa shape index (κ2) is 5.62. The molecule has 1 heteroatoms. The van der Waals surface area contributed by atoms with Crippen molar-refractivity contribution < 1.29 is 0 Å². The van der Waals surface area contributed by atoms with E-state index in [4.69, 9.17) is 4.99 Å². The van der Waals surface area contributed by atoms with Crippen LogP contribution in [0.2, 0.25) is 0 Å². The molecule has 102 valence electrons. The third-order valence-corrected chi connectivity index (χ3v) is 4.16. The van der Waals surface area contributed by atoms with Gasteiger partial charge in [-0.3, -0.25) is 4.99 Å². The second-order valence-corrected chi connectivity index (χ2v) is 5.90. The van der Waals surface area contributed by atoms with Crippen molar-refractivity contribution in [3.8, 4) is 0 Å². The number of aliphatic imine (C=N–C) groups is 1. The zero-order chi connectivity index (χ0) is 13.8. The fourth-order valence-electron chi connectivity index (χ4n) is 3.01. The summed E-state index contributed by atoms with van der Waals surface area (Å²) in [4.78, 5) is 5.16. The lowest BCUT2D eigenvalue weighted by Gasteiger charge is -2.21. The summed E-state index contributed by atoms with van der Waals surface area (Å²) in [6.07, 6.45) is 5.01. The molecule has 1 nitrogen and oxygen atoms in total. The minimum absolute atomic E-state index is 0.112. The first-order chi connectivity index (χ1) is 9.77. The first kappa shape index (κ1) is 13.1. The molecule has 3 rings (SSSR count). The topological polar surface area (TPSA) is 12.4 Å². The summed E-state index contributed by atoms with van der Waals surface area (Å²) in [6, 6.07) is 21.1. The average molecular weight is 264 g/mol. The molecule has 2 aromatic carbocycles. The SMILES string of the molecule is CC1([15N]=C(c2ccccc2)c2ccccc2)CCCC1. The molecule has 0 radical (unpaired) electrons. The van der Waals surface area contributed by atoms with E-state index in [2.05, 4.69) is 67.6 Å². The molecule has 0 amide bonds. The van der Waals surface area contributed by atoms with Gasteiger partial charge in [-0.25, -0.2) is 0 Å². The smallest absolute Gasteiger partial charge is 0.0725 e. The number of benzene rings is 2. The molecule has 1 fully saturated rings. The van der Waals surface area contributed by atoms with E-state index in [0.717, 1.165) is 5.71 Å². The Labute approximate surface area is 121 Å². The van der Waals surface area contributed by atoms with Gasteiger partial charge in [0.25, 0.3) is 0 Å². The van der Waals surface area contributed by atoms with Crippen LogP contribution in [0.25, 0.3) is 0 Å². The molecule has 2 aromatic rings. The van der Waals surface area contributed by atoms with Crippen LogP contribution < -0.4 is 0 Å². The summed E-state index contributed by atoms with van der Waals surface area (Å²) in [6.45, 7) is 2.30. The summed E-state index contributed by atoms with van der Waals surface area (Å²) in [5.74, 6) is 0. The van der Waals surface area contributed by atoms with E-state index in [9.17, 15) is 0 Å². The van der Waals surface area contributed by atoms with Gasteiger partial charge in [-0.15, -0.1) is 0 Å². The van der Waals surface area contributed by atoms with E-state index in [1.54, 1.807) is 0 Å². The molecule has 1 aliphatic carbocycles. The molecule has 0 aromatic heterocycles. The predicted octanol–water partition coefficient (Wildman–Crippen LogP) is 4.86. The summed E-state index contributed by atoms with van der Waals surface area (Å²) in [7, 11) is 0. The molecule has 0 atom stereocenters. The van der Waals surface area contributed by atoms with Gasteiger partial charge in [0.05, 0.1) is 11.3 Å². The standard InChI is InChI=1S/C19H21N/c1-19(14-8-9-15-19)20-18(16-10-4-2-5-11-16)17-12-6-3-7-13-17/h2-7,10-13H,8-9,14-15H2,1H3/i20+1. The largest absolute Gasteiger partial charge is 0.278 e. The van der Waals surface area contributed by atoms with Gasteiger partial charge in [-0.1, -0.05) is 73.5 Å². The van der Waals surface area contributed by atoms with Crippen LogP contribution in [0, 0.1) is 0 Å². The zero-order valence-corrected chi connectivity index (χ0v) is 12.0. The molecule has 0 heterocycles. The van der Waals surface area contributed by atoms with Crippen molar-refractivity contribution in [3.05, 3.63) is 71.8 Å². The Kier molecular flexibility index (Phi) is 3.68. The zero-order valence-electron chi connectivity index (χ0n) is 12.0. The lowest BCUT2D eigenvalue weighted by Crippen LogP contribution is -2.20. The van der Waals surface area contributed by atoms with Gasteiger partial charge in [-0.05, 0) is 19.8 Å². The molecule has 1 saturated carbocycles. The monoisotopic (exact) mass is 264 g/mol. The molecule has 20 heavy (non-hydrogen) atoms. The van der Waals surface area contributed by atoms with E-state index in [-0.39, 0.29) is 5.54 Å². The molecule has 0 aliphatic heterocycles. The van der Waals surface area contributed by atoms with Crippen molar-refractivity contribution in [2.75, 3.05) is 0 Å². The van der Waals surface area contributed by atoms with Crippen LogP contribution >= 0.6 is 0 Å². The van der Waals surface area contributed by atoms with Gasteiger partial charge >= 0.3 is 0 Å². The van der Waals surface area contributed by atoms with Crippen LogP contribution in [-0.4, -0.2) is 11.3 Å². The number of hydrogen-bond acceptors (Lipinski definition) is 1. The number of hydrogen-bond donors (Lipinski definition) is 0. The first-order valence-corrected chi connectivity index (χ1v) is 7.48. The number of rotatable bonds is 3. The minimum Gasteiger partial charge on any atom is -0.278 e. The van der Waals surface area contributed by atoms with Crippen molar-refractivity contribution in [2.45, 2.75) is 38.1 Å². The van der Waals surface area contributed by atoms with Gasteiger partial charge in [0.15, 0.2) is 0 Å². The van der Waals surface area contributed by atoms with Crippen molar-refractivity contribution in [1.82, 2.24) is 0 Å². The van der Waals surface area contributed by atoms with Gasteiger partial charge in [0.1, 0.15) is 0 Å².